The molecule has 3 rings (SSSR count). The Morgan fingerprint density at radius 1 is 1.16 bits per heavy atom. The van der Waals surface area contributed by atoms with Gasteiger partial charge < -0.3 is 25.1 Å². The van der Waals surface area contributed by atoms with Gasteiger partial charge in [0, 0.05) is 29.5 Å². The zero-order valence-electron chi connectivity index (χ0n) is 20.3. The summed E-state index contributed by atoms with van der Waals surface area (Å²) in [6, 6.07) is 10.2. The van der Waals surface area contributed by atoms with E-state index in [0.29, 0.717) is 33.0 Å². The Balaban J connectivity index is 1.70. The van der Waals surface area contributed by atoms with E-state index in [1.165, 1.54) is 18.2 Å². The van der Waals surface area contributed by atoms with Crippen molar-refractivity contribution >= 4 is 29.4 Å². The van der Waals surface area contributed by atoms with Crippen molar-refractivity contribution in [2.45, 2.75) is 44.8 Å². The molecule has 1 aromatic heterocycles. The minimum absolute atomic E-state index is 0.160. The van der Waals surface area contributed by atoms with E-state index >= 15 is 0 Å². The lowest BCUT2D eigenvalue weighted by atomic mass is 9.97. The van der Waals surface area contributed by atoms with Gasteiger partial charge in [-0.2, -0.15) is 0 Å². The number of amides is 1. The fourth-order valence-electron chi connectivity index (χ4n) is 3.53. The normalized spacial score (nSPS) is 12.4. The highest BCUT2D eigenvalue weighted by Crippen LogP contribution is 2.26. The third-order valence-corrected chi connectivity index (χ3v) is 5.62. The second-order valence-corrected chi connectivity index (χ2v) is 8.76. The molecule has 0 radical (unpaired) electrons. The first-order valence-electron chi connectivity index (χ1n) is 11.6. The molecule has 1 heterocycles. The fraction of sp³-hybridized carbons (Fsp3) is 0.320. The van der Waals surface area contributed by atoms with Gasteiger partial charge in [-0.25, -0.2) is 9.18 Å². The van der Waals surface area contributed by atoms with Gasteiger partial charge in [-0.1, -0.05) is 47.6 Å². The molecule has 2 atom stereocenters. The average Bonchev–Trinajstić information content (AvgIpc) is 3.32. The van der Waals surface area contributed by atoms with E-state index in [4.69, 9.17) is 21.1 Å². The van der Waals surface area contributed by atoms with Crippen LogP contribution in [0.15, 0.2) is 48.7 Å². The van der Waals surface area contributed by atoms with E-state index in [9.17, 15) is 29.1 Å². The highest BCUT2D eigenvalue weighted by Gasteiger charge is 2.25. The lowest BCUT2D eigenvalue weighted by molar-refractivity contribution is -0.173. The molecule has 2 aromatic carbocycles. The number of benzene rings is 2. The molecule has 0 aliphatic rings. The monoisotopic (exact) mass is 548 g/mol. The Hall–Kier alpha value is -4.03. The second kappa shape index (κ2) is 13.5. The molecule has 11 nitrogen and oxygen atoms in total. The zero-order chi connectivity index (χ0) is 27.7. The van der Waals surface area contributed by atoms with Crippen LogP contribution in [-0.2, 0) is 25.5 Å². The molecule has 0 saturated carbocycles. The molecule has 0 bridgehead atoms. The number of nitrogens with one attached hydrogen (secondary N) is 1. The molecule has 0 aliphatic carbocycles. The molecule has 0 spiro atoms. The Morgan fingerprint density at radius 3 is 2.55 bits per heavy atom. The number of esters is 2. The molecule has 13 heteroatoms. The van der Waals surface area contributed by atoms with Crippen molar-refractivity contribution in [2.75, 3.05) is 6.79 Å². The molecule has 3 N–H and O–H groups in total. The van der Waals surface area contributed by atoms with Crippen LogP contribution in [0.25, 0.3) is 11.1 Å². The van der Waals surface area contributed by atoms with Crippen molar-refractivity contribution in [1.29, 1.82) is 0 Å². The van der Waals surface area contributed by atoms with Crippen molar-refractivity contribution in [3.05, 3.63) is 70.8 Å². The first-order valence-corrected chi connectivity index (χ1v) is 12.0. The van der Waals surface area contributed by atoms with Crippen molar-refractivity contribution in [3.8, 4) is 11.1 Å². The minimum atomic E-state index is -1.65. The first-order chi connectivity index (χ1) is 18.2. The van der Waals surface area contributed by atoms with Crippen LogP contribution in [0, 0.1) is 5.82 Å². The van der Waals surface area contributed by atoms with E-state index in [1.807, 2.05) is 0 Å². The maximum Gasteiger partial charge on any atom is 0.337 e. The van der Waals surface area contributed by atoms with Crippen LogP contribution in [0.2, 0.25) is 5.02 Å². The molecule has 38 heavy (non-hydrogen) atoms. The van der Waals surface area contributed by atoms with Crippen LogP contribution >= 0.6 is 11.6 Å². The Kier molecular flexibility index (Phi) is 10.1. The number of ether oxygens (including phenoxy) is 2. The van der Waals surface area contributed by atoms with Gasteiger partial charge in [0.1, 0.15) is 5.82 Å². The fourth-order valence-corrected chi connectivity index (χ4v) is 3.70. The first kappa shape index (κ1) is 28.5. The van der Waals surface area contributed by atoms with E-state index in [0.717, 1.165) is 6.20 Å². The lowest BCUT2D eigenvalue weighted by Gasteiger charge is -2.21. The number of aromatic nitrogens is 3. The van der Waals surface area contributed by atoms with Gasteiger partial charge in [-0.15, -0.1) is 5.10 Å². The van der Waals surface area contributed by atoms with Gasteiger partial charge in [-0.05, 0) is 47.4 Å². The summed E-state index contributed by atoms with van der Waals surface area (Å²) in [7, 11) is 0. The number of halogens is 2. The highest BCUT2D eigenvalue weighted by atomic mass is 35.5. The standard InChI is InChI=1S/C25H26ClFN4O7/c1-2-3-23(33)37-14-38-25(35)22(32)12-18(28-24(34)21-13-31(36)30-29-21)10-15-4-6-16(7-5-15)19-11-17(26)8-9-20(19)27/h4-9,11,13,18,22,32,36H,2-3,10,12,14H2,1H3,(H,28,34)/t18-,22?/m1/s1. The van der Waals surface area contributed by atoms with Gasteiger partial charge in [0.2, 0.25) is 6.79 Å². The van der Waals surface area contributed by atoms with Crippen LogP contribution in [0.3, 0.4) is 0 Å². The molecule has 3 aromatic rings. The smallest absolute Gasteiger partial charge is 0.337 e. The molecular formula is C25H26ClFN4O7. The van der Waals surface area contributed by atoms with Crippen molar-refractivity contribution in [1.82, 2.24) is 20.5 Å². The van der Waals surface area contributed by atoms with Crippen LogP contribution in [0.4, 0.5) is 4.39 Å². The predicted octanol–water partition coefficient (Wildman–Crippen LogP) is 2.91. The largest absolute Gasteiger partial charge is 0.428 e. The van der Waals surface area contributed by atoms with Crippen molar-refractivity contribution in [2.24, 2.45) is 0 Å². The Labute approximate surface area is 222 Å². The lowest BCUT2D eigenvalue weighted by Crippen LogP contribution is -2.41. The van der Waals surface area contributed by atoms with Gasteiger partial charge in [0.25, 0.3) is 5.91 Å². The van der Waals surface area contributed by atoms with Crippen LogP contribution < -0.4 is 5.32 Å². The summed E-state index contributed by atoms with van der Waals surface area (Å²) in [6.07, 6.45) is -0.0432. The maximum atomic E-state index is 14.2. The summed E-state index contributed by atoms with van der Waals surface area (Å²) in [4.78, 5) is 36.6. The van der Waals surface area contributed by atoms with Crippen molar-refractivity contribution < 1.29 is 38.6 Å². The summed E-state index contributed by atoms with van der Waals surface area (Å²) in [5.74, 6) is -2.73. The predicted molar refractivity (Wildman–Crippen MR) is 132 cm³/mol. The summed E-state index contributed by atoms with van der Waals surface area (Å²) in [6.45, 7) is 1.14. The number of rotatable bonds is 12. The minimum Gasteiger partial charge on any atom is -0.428 e. The average molecular weight is 549 g/mol. The van der Waals surface area contributed by atoms with Gasteiger partial charge in [0.05, 0.1) is 6.20 Å². The van der Waals surface area contributed by atoms with Gasteiger partial charge in [0.15, 0.2) is 11.8 Å². The molecule has 1 unspecified atom stereocenters. The van der Waals surface area contributed by atoms with Crippen LogP contribution in [0.5, 0.6) is 0 Å². The number of nitrogens with zero attached hydrogens (tertiary/aromatic N) is 3. The zero-order valence-corrected chi connectivity index (χ0v) is 21.1. The van der Waals surface area contributed by atoms with E-state index in [1.54, 1.807) is 31.2 Å². The molecule has 0 fully saturated rings. The number of carbonyl (C=O) groups excluding carboxylic acids is 3. The van der Waals surface area contributed by atoms with E-state index in [2.05, 4.69) is 15.6 Å². The third kappa shape index (κ3) is 8.25. The quantitative estimate of drug-likeness (QED) is 0.176. The van der Waals surface area contributed by atoms with Gasteiger partial charge in [-0.3, -0.25) is 9.59 Å². The van der Waals surface area contributed by atoms with E-state index in [-0.39, 0.29) is 25.0 Å². The summed E-state index contributed by atoms with van der Waals surface area (Å²) >= 11 is 5.98. The Morgan fingerprint density at radius 2 is 1.89 bits per heavy atom. The second-order valence-electron chi connectivity index (χ2n) is 8.32. The van der Waals surface area contributed by atoms with Crippen molar-refractivity contribution in [3.63, 3.8) is 0 Å². The molecule has 0 aliphatic heterocycles. The molecular weight excluding hydrogens is 523 g/mol. The number of hydrogen-bond donors (Lipinski definition) is 3. The summed E-state index contributed by atoms with van der Waals surface area (Å²) in [5.41, 5.74) is 1.40. The van der Waals surface area contributed by atoms with Gasteiger partial charge >= 0.3 is 11.9 Å². The number of aliphatic hydroxyl groups is 1. The SMILES string of the molecule is CCCC(=O)OCOC(=O)C(O)C[C@@H](Cc1ccc(-c2cc(Cl)ccc2F)cc1)NC(=O)c1cn(O)nn1. The maximum absolute atomic E-state index is 14.2. The summed E-state index contributed by atoms with van der Waals surface area (Å²) in [5, 5.41) is 29.5. The highest BCUT2D eigenvalue weighted by molar-refractivity contribution is 6.30. The molecule has 1 amide bonds. The molecule has 202 valence electrons. The van der Waals surface area contributed by atoms with E-state index < -0.39 is 42.6 Å². The number of hydrogen-bond acceptors (Lipinski definition) is 9. The topological polar surface area (TPSA) is 153 Å². The van der Waals surface area contributed by atoms with Crippen LogP contribution in [-0.4, -0.2) is 62.3 Å². The van der Waals surface area contributed by atoms with Crippen LogP contribution in [0.1, 0.15) is 42.2 Å². The molecule has 0 saturated heterocycles. The Bertz CT molecular complexity index is 1270. The third-order valence-electron chi connectivity index (χ3n) is 5.38. The number of aliphatic hydroxyl groups excluding tert-OH is 1. The number of carbonyl (C=O) groups is 3. The summed E-state index contributed by atoms with van der Waals surface area (Å²) < 4.78 is 23.8.